The lowest BCUT2D eigenvalue weighted by molar-refractivity contribution is -0.149. The zero-order valence-corrected chi connectivity index (χ0v) is 12.1. The number of benzene rings is 1. The molecule has 1 heterocycles. The first-order valence-corrected chi connectivity index (χ1v) is 7.20. The van der Waals surface area contributed by atoms with Crippen molar-refractivity contribution in [2.75, 3.05) is 32.8 Å². The third kappa shape index (κ3) is 3.98. The standard InChI is InChI=1S/C15H20F2N2O2/c1-2-21-15(20)14(19-8-3-6-18-7-9-19)11-4-5-12(16)13(17)10-11/h4-5,10,14,18H,2-3,6-9H2,1H3. The minimum Gasteiger partial charge on any atom is -0.465 e. The average Bonchev–Trinajstić information content (AvgIpc) is 2.72. The van der Waals surface area contributed by atoms with E-state index in [-0.39, 0.29) is 6.61 Å². The van der Waals surface area contributed by atoms with Crippen LogP contribution in [0.25, 0.3) is 0 Å². The highest BCUT2D eigenvalue weighted by Gasteiger charge is 2.30. The summed E-state index contributed by atoms with van der Waals surface area (Å²) in [5.41, 5.74) is 0.425. The van der Waals surface area contributed by atoms with E-state index < -0.39 is 23.6 Å². The van der Waals surface area contributed by atoms with Gasteiger partial charge in [-0.1, -0.05) is 6.07 Å². The first-order valence-electron chi connectivity index (χ1n) is 7.20. The number of carbonyl (C=O) groups is 1. The van der Waals surface area contributed by atoms with Crippen molar-refractivity contribution < 1.29 is 18.3 Å². The lowest BCUT2D eigenvalue weighted by atomic mass is 10.0. The van der Waals surface area contributed by atoms with Gasteiger partial charge in [0.1, 0.15) is 6.04 Å². The van der Waals surface area contributed by atoms with Crippen LogP contribution in [0.5, 0.6) is 0 Å². The van der Waals surface area contributed by atoms with Crippen LogP contribution < -0.4 is 5.32 Å². The Kier molecular flexibility index (Phi) is 5.64. The van der Waals surface area contributed by atoms with E-state index in [0.717, 1.165) is 31.6 Å². The van der Waals surface area contributed by atoms with Crippen molar-refractivity contribution >= 4 is 5.97 Å². The molecule has 1 aromatic rings. The largest absolute Gasteiger partial charge is 0.465 e. The molecule has 6 heteroatoms. The van der Waals surface area contributed by atoms with Crippen molar-refractivity contribution in [3.8, 4) is 0 Å². The molecule has 1 aliphatic heterocycles. The zero-order chi connectivity index (χ0) is 15.2. The second-order valence-corrected chi connectivity index (χ2v) is 4.97. The highest BCUT2D eigenvalue weighted by atomic mass is 19.2. The van der Waals surface area contributed by atoms with E-state index in [1.54, 1.807) is 6.92 Å². The van der Waals surface area contributed by atoms with Crippen LogP contribution in [0.15, 0.2) is 18.2 Å². The van der Waals surface area contributed by atoms with Crippen molar-refractivity contribution in [1.29, 1.82) is 0 Å². The number of hydrogen-bond donors (Lipinski definition) is 1. The van der Waals surface area contributed by atoms with Gasteiger partial charge >= 0.3 is 5.97 Å². The van der Waals surface area contributed by atoms with E-state index in [4.69, 9.17) is 4.74 Å². The van der Waals surface area contributed by atoms with Crippen LogP contribution in [0.3, 0.4) is 0 Å². The van der Waals surface area contributed by atoms with Crippen molar-refractivity contribution in [2.45, 2.75) is 19.4 Å². The van der Waals surface area contributed by atoms with Crippen LogP contribution >= 0.6 is 0 Å². The third-order valence-electron chi connectivity index (χ3n) is 3.51. The van der Waals surface area contributed by atoms with Gasteiger partial charge < -0.3 is 10.1 Å². The number of carbonyl (C=O) groups excluding carboxylic acids is 1. The van der Waals surface area contributed by atoms with Gasteiger partial charge in [0.25, 0.3) is 0 Å². The van der Waals surface area contributed by atoms with Gasteiger partial charge in [0.05, 0.1) is 6.61 Å². The van der Waals surface area contributed by atoms with Gasteiger partial charge in [0, 0.05) is 19.6 Å². The lowest BCUT2D eigenvalue weighted by Gasteiger charge is -2.29. The zero-order valence-electron chi connectivity index (χ0n) is 12.1. The Balaban J connectivity index is 2.29. The Morgan fingerprint density at radius 3 is 2.86 bits per heavy atom. The summed E-state index contributed by atoms with van der Waals surface area (Å²) >= 11 is 0. The van der Waals surface area contributed by atoms with E-state index in [1.165, 1.54) is 6.07 Å². The summed E-state index contributed by atoms with van der Waals surface area (Å²) in [4.78, 5) is 14.2. The maximum atomic E-state index is 13.5. The molecular weight excluding hydrogens is 278 g/mol. The Morgan fingerprint density at radius 1 is 1.33 bits per heavy atom. The Morgan fingerprint density at radius 2 is 2.14 bits per heavy atom. The Hall–Kier alpha value is -1.53. The van der Waals surface area contributed by atoms with Gasteiger partial charge in [-0.2, -0.15) is 0 Å². The number of nitrogens with one attached hydrogen (secondary N) is 1. The van der Waals surface area contributed by atoms with Crippen LogP contribution in [0.2, 0.25) is 0 Å². The topological polar surface area (TPSA) is 41.6 Å². The molecule has 0 saturated carbocycles. The third-order valence-corrected chi connectivity index (χ3v) is 3.51. The molecule has 0 bridgehead atoms. The molecule has 0 aliphatic carbocycles. The molecule has 2 rings (SSSR count). The number of rotatable bonds is 4. The summed E-state index contributed by atoms with van der Waals surface area (Å²) in [7, 11) is 0. The lowest BCUT2D eigenvalue weighted by Crippen LogP contribution is -2.37. The maximum absolute atomic E-state index is 13.5. The van der Waals surface area contributed by atoms with Gasteiger partial charge in [-0.05, 0) is 37.6 Å². The van der Waals surface area contributed by atoms with Crippen LogP contribution in [-0.2, 0) is 9.53 Å². The molecule has 1 N–H and O–H groups in total. The highest BCUT2D eigenvalue weighted by Crippen LogP contribution is 2.24. The molecule has 1 atom stereocenters. The summed E-state index contributed by atoms with van der Waals surface area (Å²) < 4.78 is 31.7. The summed E-state index contributed by atoms with van der Waals surface area (Å²) in [6.07, 6.45) is 0.888. The van der Waals surface area contributed by atoms with Crippen LogP contribution in [0.1, 0.15) is 24.9 Å². The van der Waals surface area contributed by atoms with Crippen LogP contribution in [0.4, 0.5) is 8.78 Å². The van der Waals surface area contributed by atoms with Crippen molar-refractivity contribution in [3.05, 3.63) is 35.4 Å². The minimum absolute atomic E-state index is 0.255. The molecule has 1 unspecified atom stereocenters. The predicted octanol–water partition coefficient (Wildman–Crippen LogP) is 1.86. The highest BCUT2D eigenvalue weighted by molar-refractivity contribution is 5.77. The van der Waals surface area contributed by atoms with Gasteiger partial charge in [-0.15, -0.1) is 0 Å². The second kappa shape index (κ2) is 7.47. The normalized spacial score (nSPS) is 18.0. The molecular formula is C15H20F2N2O2. The molecule has 0 amide bonds. The number of ether oxygens (including phenoxy) is 1. The smallest absolute Gasteiger partial charge is 0.328 e. The molecule has 21 heavy (non-hydrogen) atoms. The number of halogens is 2. The minimum atomic E-state index is -0.949. The van der Waals surface area contributed by atoms with E-state index >= 15 is 0 Å². The number of esters is 1. The van der Waals surface area contributed by atoms with Crippen molar-refractivity contribution in [2.24, 2.45) is 0 Å². The molecule has 1 aliphatic rings. The molecule has 1 aromatic carbocycles. The summed E-state index contributed by atoms with van der Waals surface area (Å²) in [6.45, 7) is 4.97. The molecule has 0 spiro atoms. The fourth-order valence-electron chi connectivity index (χ4n) is 2.52. The first kappa shape index (κ1) is 15.9. The monoisotopic (exact) mass is 298 g/mol. The second-order valence-electron chi connectivity index (χ2n) is 4.97. The molecule has 1 fully saturated rings. The molecule has 1 saturated heterocycles. The average molecular weight is 298 g/mol. The van der Waals surface area contributed by atoms with Gasteiger partial charge in [-0.3, -0.25) is 4.90 Å². The van der Waals surface area contributed by atoms with E-state index in [1.807, 2.05) is 4.90 Å². The molecule has 4 nitrogen and oxygen atoms in total. The Labute approximate surface area is 123 Å². The van der Waals surface area contributed by atoms with E-state index in [0.29, 0.717) is 18.7 Å². The quantitative estimate of drug-likeness (QED) is 0.862. The maximum Gasteiger partial charge on any atom is 0.328 e. The SMILES string of the molecule is CCOC(=O)C(c1ccc(F)c(F)c1)N1CCCNCC1. The summed E-state index contributed by atoms with van der Waals surface area (Å²) in [6, 6.07) is 2.88. The van der Waals surface area contributed by atoms with Gasteiger partial charge in [0.15, 0.2) is 11.6 Å². The molecule has 0 aromatic heterocycles. The van der Waals surface area contributed by atoms with Crippen molar-refractivity contribution in [1.82, 2.24) is 10.2 Å². The first-order chi connectivity index (χ1) is 10.1. The van der Waals surface area contributed by atoms with Gasteiger partial charge in [-0.25, -0.2) is 13.6 Å². The molecule has 116 valence electrons. The summed E-state index contributed by atoms with van der Waals surface area (Å²) in [5.74, 6) is -2.29. The molecule has 0 radical (unpaired) electrons. The van der Waals surface area contributed by atoms with E-state index in [9.17, 15) is 13.6 Å². The van der Waals surface area contributed by atoms with Gasteiger partial charge in [0.2, 0.25) is 0 Å². The van der Waals surface area contributed by atoms with E-state index in [2.05, 4.69) is 5.32 Å². The Bertz CT molecular complexity index is 489. The fraction of sp³-hybridized carbons (Fsp3) is 0.533. The summed E-state index contributed by atoms with van der Waals surface area (Å²) in [5, 5.41) is 3.25. The predicted molar refractivity (Wildman–Crippen MR) is 74.8 cm³/mol. The van der Waals surface area contributed by atoms with Crippen LogP contribution in [0, 0.1) is 11.6 Å². The fourth-order valence-corrected chi connectivity index (χ4v) is 2.52. The number of hydrogen-bond acceptors (Lipinski definition) is 4. The van der Waals surface area contributed by atoms with Crippen molar-refractivity contribution in [3.63, 3.8) is 0 Å². The number of nitrogens with zero attached hydrogens (tertiary/aromatic N) is 1. The van der Waals surface area contributed by atoms with Crippen LogP contribution in [-0.4, -0.2) is 43.7 Å².